The van der Waals surface area contributed by atoms with Gasteiger partial charge in [-0.2, -0.15) is 0 Å². The van der Waals surface area contributed by atoms with Crippen LogP contribution in [0.5, 0.6) is 23.0 Å². The molecule has 103 heavy (non-hydrogen) atoms. The number of aromatic hydroxyl groups is 2. The molecule has 551 valence electrons. The zero-order valence-corrected chi connectivity index (χ0v) is 70.6. The summed E-state index contributed by atoms with van der Waals surface area (Å²) >= 11 is 0. The van der Waals surface area contributed by atoms with Crippen molar-refractivity contribution in [1.29, 1.82) is 0 Å². The molecular weight excluding hydrogens is 1320 g/mol. The van der Waals surface area contributed by atoms with Crippen LogP contribution < -0.4 is 9.47 Å². The Labute approximate surface area is 637 Å². The van der Waals surface area contributed by atoms with E-state index in [1.54, 1.807) is 0 Å². The SMILES string of the molecule is C1CC[OH+]C1.Cc1cc(F)cc(-c2cc(C(C)(C)CC(C)(C)C)cc(-n3c4cc(C(C)(C)C)ccc4c4ccc(C(C)(C)C)cc43)c2O)c1OCCOc1c(C)cc(F)cc1-c1cc(C(C)(C)CC(C)(C)C)cc(-n2c3cc(C(C)(C)C)ccc3c3ccc(C(C)(C)C)cc32)c1O.[CH2-][Si](C)(C)C.[Sc]. The van der Waals surface area contributed by atoms with Gasteiger partial charge in [-0.05, 0) is 187 Å². The van der Waals surface area contributed by atoms with Crippen molar-refractivity contribution < 1.29 is 59.0 Å². The summed E-state index contributed by atoms with van der Waals surface area (Å²) in [7, 11) is -0.861. The fourth-order valence-electron chi connectivity index (χ4n) is 15.1. The maximum atomic E-state index is 16.4. The summed E-state index contributed by atoms with van der Waals surface area (Å²) in [4.78, 5) is 0. The summed E-state index contributed by atoms with van der Waals surface area (Å²) in [5, 5.41) is 30.8. The third-order valence-electron chi connectivity index (χ3n) is 19.7. The minimum Gasteiger partial charge on any atom is -0.505 e. The minimum atomic E-state index is -0.861. The molecule has 0 spiro atoms. The zero-order valence-electron chi connectivity index (χ0n) is 67.8. The van der Waals surface area contributed by atoms with Gasteiger partial charge in [-0.3, -0.25) is 0 Å². The minimum absolute atomic E-state index is 0. The van der Waals surface area contributed by atoms with E-state index in [1.165, 1.54) is 37.1 Å². The third kappa shape index (κ3) is 19.0. The van der Waals surface area contributed by atoms with Gasteiger partial charge in [0.05, 0.1) is 33.4 Å². The van der Waals surface area contributed by atoms with Gasteiger partial charge < -0.3 is 40.1 Å². The van der Waals surface area contributed by atoms with Crippen molar-refractivity contribution in [3.8, 4) is 56.6 Å². The van der Waals surface area contributed by atoms with E-state index < -0.39 is 30.5 Å². The summed E-state index contributed by atoms with van der Waals surface area (Å²) in [6, 6.07) is 40.9. The van der Waals surface area contributed by atoms with E-state index in [1.807, 2.05) is 26.0 Å². The van der Waals surface area contributed by atoms with E-state index in [2.05, 4.69) is 277 Å². The van der Waals surface area contributed by atoms with Crippen LogP contribution in [0.1, 0.15) is 223 Å². The van der Waals surface area contributed by atoms with Crippen molar-refractivity contribution in [3.05, 3.63) is 184 Å². The van der Waals surface area contributed by atoms with Crippen LogP contribution in [0.4, 0.5) is 8.78 Å². The quantitative estimate of drug-likeness (QED) is 0.0522. The number of benzene rings is 8. The van der Waals surface area contributed by atoms with Crippen LogP contribution in [0.15, 0.2) is 121 Å². The molecular formula is C92H122F2N2O5ScSi. The molecule has 10 aromatic rings. The number of aromatic nitrogens is 2. The predicted molar refractivity (Wildman–Crippen MR) is 435 cm³/mol. The van der Waals surface area contributed by atoms with E-state index in [4.69, 9.17) is 9.47 Å². The van der Waals surface area contributed by atoms with Gasteiger partial charge >= 0.3 is 0 Å². The zero-order chi connectivity index (χ0) is 75.7. The normalized spacial score (nSPS) is 13.7. The Morgan fingerprint density at radius 2 is 0.680 bits per heavy atom. The molecule has 11 heteroatoms. The van der Waals surface area contributed by atoms with Gasteiger partial charge in [-0.15, -0.1) is 8.07 Å². The molecule has 0 saturated carbocycles. The molecule has 8 aromatic carbocycles. The van der Waals surface area contributed by atoms with Crippen molar-refractivity contribution >= 4 is 51.7 Å². The number of phenols is 2. The van der Waals surface area contributed by atoms with E-state index >= 15 is 8.78 Å². The van der Waals surface area contributed by atoms with Crippen LogP contribution in [0.3, 0.4) is 0 Å². The number of aryl methyl sites for hydroxylation is 2. The average molecular weight is 1450 g/mol. The monoisotopic (exact) mass is 1450 g/mol. The number of aliphatic hydroxyl groups is 2. The molecule has 0 aliphatic carbocycles. The number of hydrogen-bond acceptors (Lipinski definition) is 4. The summed E-state index contributed by atoms with van der Waals surface area (Å²) in [5.41, 5.74) is 12.8. The maximum absolute atomic E-state index is 16.4. The molecule has 7 nitrogen and oxygen atoms in total. The molecule has 2 aromatic heterocycles. The molecule has 0 amide bonds. The molecule has 1 aliphatic heterocycles. The number of ether oxygens (including phenoxy) is 3. The number of fused-ring (bicyclic) bond motifs is 6. The van der Waals surface area contributed by atoms with E-state index in [-0.39, 0.29) is 83.0 Å². The molecule has 0 unspecified atom stereocenters. The summed E-state index contributed by atoms with van der Waals surface area (Å²) < 4.78 is 55.0. The second-order valence-corrected chi connectivity index (χ2v) is 43.6. The van der Waals surface area contributed by atoms with Crippen molar-refractivity contribution in [2.75, 3.05) is 26.4 Å². The van der Waals surface area contributed by atoms with Gasteiger partial charge in [0.15, 0.2) is 0 Å². The number of nitrogens with zero attached hydrogens (tertiary/aromatic N) is 2. The number of rotatable bonds is 13. The Bertz CT molecular complexity index is 4300. The van der Waals surface area contributed by atoms with Gasteiger partial charge in [-0.1, -0.05) is 220 Å². The molecule has 1 radical (unpaired) electrons. The smallest absolute Gasteiger partial charge is 0.147 e. The Balaban J connectivity index is 0.00000113. The second-order valence-electron chi connectivity index (χ2n) is 38.5. The first kappa shape index (κ1) is 82.1. The fourth-order valence-corrected chi connectivity index (χ4v) is 15.1. The molecule has 3 N–H and O–H groups in total. The van der Waals surface area contributed by atoms with Gasteiger partial charge in [-0.25, -0.2) is 8.78 Å². The Kier molecular flexibility index (Phi) is 23.9. The molecule has 1 fully saturated rings. The molecule has 3 heterocycles. The summed E-state index contributed by atoms with van der Waals surface area (Å²) in [6.45, 7) is 65.5. The Morgan fingerprint density at radius 1 is 0.408 bits per heavy atom. The van der Waals surface area contributed by atoms with Gasteiger partial charge in [0.1, 0.15) is 61.1 Å². The van der Waals surface area contributed by atoms with Gasteiger partial charge in [0, 0.05) is 82.5 Å². The third-order valence-corrected chi connectivity index (χ3v) is 19.7. The molecule has 0 atom stereocenters. The number of phenolic OH excluding ortho intramolecular Hbond substituents is 2. The van der Waals surface area contributed by atoms with Crippen LogP contribution >= 0.6 is 0 Å². The standard InChI is InChI=1S/C84H102F2N2O4.C4H8O.C4H11Si.Sc/c1-49-35-57(85)45-65(63-37-55(83(21,22)47-77(3,4)5)43-71(73(63)89)87-67-39-51(79(9,10)11)25-29-59(67)60-30-26-52(40-68(60)87)80(12,13)14)75(49)91-33-34-92-76-50(2)36-58(86)46-66(76)64-38-56(84(23,24)48-78(6,7)8)44-72(74(64)90)88-69-41-53(81(15,16)17)27-31-61(69)62-32-28-54(42-70(62)88)82(18,19)20;1-2-4-5-3-1;1-5(2,3)4;/h25-32,35-46,89-90H,33-34,47-48H2,1-24H3;1-4H2;1H2,2-4H3;/q;;-1;/p+1. The van der Waals surface area contributed by atoms with Crippen molar-refractivity contribution in [3.63, 3.8) is 0 Å². The first-order chi connectivity index (χ1) is 46.8. The predicted octanol–water partition coefficient (Wildman–Crippen LogP) is 25.6. The molecule has 1 aliphatic rings. The topological polar surface area (TPSA) is 81.6 Å². The van der Waals surface area contributed by atoms with Gasteiger partial charge in [0.25, 0.3) is 0 Å². The van der Waals surface area contributed by atoms with Crippen molar-refractivity contribution in [2.24, 2.45) is 10.8 Å². The number of halogens is 2. The van der Waals surface area contributed by atoms with Crippen LogP contribution in [-0.2, 0) is 58.3 Å². The van der Waals surface area contributed by atoms with E-state index in [0.29, 0.717) is 56.3 Å². The van der Waals surface area contributed by atoms with Crippen molar-refractivity contribution in [2.45, 2.75) is 244 Å². The Hall–Kier alpha value is -6.53. The van der Waals surface area contributed by atoms with Gasteiger partial charge in [0.2, 0.25) is 0 Å². The maximum Gasteiger partial charge on any atom is 0.147 e. The fraction of sp³-hybridized carbons (Fsp3) is 0.467. The van der Waals surface area contributed by atoms with Crippen LogP contribution in [0.2, 0.25) is 19.6 Å². The molecule has 1 saturated heterocycles. The first-order valence-electron chi connectivity index (χ1n) is 37.1. The Morgan fingerprint density at radius 3 is 0.913 bits per heavy atom. The van der Waals surface area contributed by atoms with Crippen LogP contribution in [0.25, 0.3) is 77.2 Å². The molecule has 0 bridgehead atoms. The average Bonchev–Trinajstić information content (AvgIpc) is 1.62. The summed E-state index contributed by atoms with van der Waals surface area (Å²) in [6.07, 6.45) is 4.31. The second kappa shape index (κ2) is 30.0. The van der Waals surface area contributed by atoms with Crippen LogP contribution in [0, 0.1) is 42.9 Å². The summed E-state index contributed by atoms with van der Waals surface area (Å²) in [5.74, 6) is -0.139. The molecule has 11 rings (SSSR count). The largest absolute Gasteiger partial charge is 0.505 e. The first-order valence-corrected chi connectivity index (χ1v) is 40.8. The van der Waals surface area contributed by atoms with Crippen LogP contribution in [-0.4, -0.2) is 58.6 Å². The van der Waals surface area contributed by atoms with Crippen molar-refractivity contribution in [1.82, 2.24) is 9.13 Å². The van der Waals surface area contributed by atoms with E-state index in [9.17, 15) is 10.2 Å². The number of hydrogen-bond donors (Lipinski definition) is 2. The van der Waals surface area contributed by atoms with E-state index in [0.717, 1.165) is 103 Å².